The molecule has 1 atom stereocenters. The van der Waals surface area contributed by atoms with Crippen molar-refractivity contribution in [3.8, 4) is 0 Å². The van der Waals surface area contributed by atoms with E-state index in [1.165, 1.54) is 0 Å². The average Bonchev–Trinajstić information content (AvgIpc) is 2.33. The van der Waals surface area contributed by atoms with Crippen molar-refractivity contribution in [3.63, 3.8) is 0 Å². The number of nitrogen functional groups attached to an aromatic ring is 1. The van der Waals surface area contributed by atoms with Crippen LogP contribution < -0.4 is 11.1 Å². The van der Waals surface area contributed by atoms with Gasteiger partial charge in [-0.05, 0) is 18.4 Å². The molecule has 1 rings (SSSR count). The molecule has 0 saturated heterocycles. The lowest BCUT2D eigenvalue weighted by Crippen LogP contribution is -2.30. The van der Waals surface area contributed by atoms with Crippen LogP contribution in [0.2, 0.25) is 0 Å². The van der Waals surface area contributed by atoms with Crippen molar-refractivity contribution in [2.24, 2.45) is 0 Å². The highest BCUT2D eigenvalue weighted by Gasteiger charge is 2.18. The SMILES string of the molecule is CSC(C)CNC(=O)c1cc(N)nc(C(C)(C)C)c1. The van der Waals surface area contributed by atoms with Crippen LogP contribution in [0.1, 0.15) is 43.7 Å². The first kappa shape index (κ1) is 15.8. The van der Waals surface area contributed by atoms with E-state index < -0.39 is 0 Å². The minimum atomic E-state index is -0.128. The summed E-state index contributed by atoms with van der Waals surface area (Å²) in [6.07, 6.45) is 2.03. The third kappa shape index (κ3) is 4.74. The molecule has 106 valence electrons. The highest BCUT2D eigenvalue weighted by Crippen LogP contribution is 2.22. The largest absolute Gasteiger partial charge is 0.384 e. The maximum Gasteiger partial charge on any atom is 0.251 e. The summed E-state index contributed by atoms with van der Waals surface area (Å²) in [6, 6.07) is 3.43. The number of nitrogens with two attached hydrogens (primary N) is 1. The van der Waals surface area contributed by atoms with Gasteiger partial charge < -0.3 is 11.1 Å². The van der Waals surface area contributed by atoms with Gasteiger partial charge in [0.05, 0.1) is 0 Å². The number of hydrogen-bond acceptors (Lipinski definition) is 4. The van der Waals surface area contributed by atoms with E-state index in [9.17, 15) is 4.79 Å². The predicted octanol–water partition coefficient (Wildman–Crippen LogP) is 2.44. The number of carbonyl (C=O) groups excluding carboxylic acids is 1. The van der Waals surface area contributed by atoms with Crippen LogP contribution in [0.4, 0.5) is 5.82 Å². The summed E-state index contributed by atoms with van der Waals surface area (Å²) in [6.45, 7) is 8.87. The fourth-order valence-electron chi connectivity index (χ4n) is 1.49. The normalized spacial score (nSPS) is 13.1. The van der Waals surface area contributed by atoms with Crippen molar-refractivity contribution in [1.29, 1.82) is 0 Å². The van der Waals surface area contributed by atoms with Crippen LogP contribution in [0.3, 0.4) is 0 Å². The fourth-order valence-corrected chi connectivity index (χ4v) is 1.74. The molecule has 0 saturated carbocycles. The van der Waals surface area contributed by atoms with Gasteiger partial charge in [0.1, 0.15) is 5.82 Å². The first-order chi connectivity index (χ1) is 8.74. The second-order valence-corrected chi connectivity index (χ2v) is 6.95. The number of anilines is 1. The molecule has 5 heteroatoms. The van der Waals surface area contributed by atoms with E-state index in [4.69, 9.17) is 5.73 Å². The van der Waals surface area contributed by atoms with Crippen molar-refractivity contribution in [2.45, 2.75) is 38.4 Å². The summed E-state index contributed by atoms with van der Waals surface area (Å²) in [5.41, 5.74) is 7.06. The topological polar surface area (TPSA) is 68.0 Å². The van der Waals surface area contributed by atoms with E-state index >= 15 is 0 Å². The molecule has 0 aliphatic heterocycles. The van der Waals surface area contributed by atoms with Crippen molar-refractivity contribution < 1.29 is 4.79 Å². The monoisotopic (exact) mass is 281 g/mol. The van der Waals surface area contributed by atoms with E-state index in [0.717, 1.165) is 5.69 Å². The summed E-state index contributed by atoms with van der Waals surface area (Å²) in [5.74, 6) is 0.288. The molecule has 1 heterocycles. The quantitative estimate of drug-likeness (QED) is 0.889. The van der Waals surface area contributed by atoms with Gasteiger partial charge in [0, 0.05) is 28.5 Å². The van der Waals surface area contributed by atoms with E-state index in [1.54, 1.807) is 17.8 Å². The molecule has 0 spiro atoms. The van der Waals surface area contributed by atoms with E-state index in [0.29, 0.717) is 23.2 Å². The van der Waals surface area contributed by atoms with E-state index in [1.807, 2.05) is 33.1 Å². The summed E-state index contributed by atoms with van der Waals surface area (Å²) in [5, 5.41) is 3.31. The molecular formula is C14H23N3OS. The number of hydrogen-bond donors (Lipinski definition) is 2. The van der Waals surface area contributed by atoms with Gasteiger partial charge in [-0.2, -0.15) is 11.8 Å². The van der Waals surface area contributed by atoms with Gasteiger partial charge in [-0.1, -0.05) is 27.7 Å². The van der Waals surface area contributed by atoms with Gasteiger partial charge in [-0.3, -0.25) is 4.79 Å². The maximum absolute atomic E-state index is 12.1. The number of pyridine rings is 1. The number of aromatic nitrogens is 1. The molecule has 1 unspecified atom stereocenters. The van der Waals surface area contributed by atoms with Crippen LogP contribution in [0.15, 0.2) is 12.1 Å². The zero-order chi connectivity index (χ0) is 14.6. The Hall–Kier alpha value is -1.23. The lowest BCUT2D eigenvalue weighted by Gasteiger charge is -2.19. The van der Waals surface area contributed by atoms with Gasteiger partial charge in [-0.15, -0.1) is 0 Å². The van der Waals surface area contributed by atoms with Crippen molar-refractivity contribution in [2.75, 3.05) is 18.5 Å². The highest BCUT2D eigenvalue weighted by atomic mass is 32.2. The number of amides is 1. The molecular weight excluding hydrogens is 258 g/mol. The third-order valence-electron chi connectivity index (χ3n) is 2.83. The van der Waals surface area contributed by atoms with Gasteiger partial charge in [0.25, 0.3) is 5.91 Å². The lowest BCUT2D eigenvalue weighted by atomic mass is 9.90. The van der Waals surface area contributed by atoms with Crippen LogP contribution in [0, 0.1) is 0 Å². The first-order valence-corrected chi connectivity index (χ1v) is 7.62. The Labute approximate surface area is 119 Å². The number of thioether (sulfide) groups is 1. The van der Waals surface area contributed by atoms with E-state index in [-0.39, 0.29) is 11.3 Å². The molecule has 0 aromatic carbocycles. The Morgan fingerprint density at radius 1 is 1.47 bits per heavy atom. The van der Waals surface area contributed by atoms with Gasteiger partial charge in [-0.25, -0.2) is 4.98 Å². The Morgan fingerprint density at radius 2 is 2.11 bits per heavy atom. The molecule has 1 aromatic rings. The average molecular weight is 281 g/mol. The molecule has 1 amide bonds. The number of rotatable bonds is 4. The maximum atomic E-state index is 12.1. The van der Waals surface area contributed by atoms with Crippen molar-refractivity contribution >= 4 is 23.5 Å². The Bertz CT molecular complexity index is 454. The first-order valence-electron chi connectivity index (χ1n) is 6.33. The van der Waals surface area contributed by atoms with Gasteiger partial charge in [0.15, 0.2) is 0 Å². The molecule has 0 bridgehead atoms. The molecule has 0 aliphatic rings. The summed E-state index contributed by atoms with van der Waals surface area (Å²) in [7, 11) is 0. The molecule has 1 aromatic heterocycles. The van der Waals surface area contributed by atoms with Gasteiger partial charge in [0.2, 0.25) is 0 Å². The second-order valence-electron chi connectivity index (χ2n) is 5.67. The number of nitrogens with one attached hydrogen (secondary N) is 1. The smallest absolute Gasteiger partial charge is 0.251 e. The predicted molar refractivity (Wildman–Crippen MR) is 82.7 cm³/mol. The number of carbonyl (C=O) groups is 1. The zero-order valence-corrected chi connectivity index (χ0v) is 13.1. The summed E-state index contributed by atoms with van der Waals surface area (Å²) >= 11 is 1.72. The second kappa shape index (κ2) is 6.28. The molecule has 0 radical (unpaired) electrons. The van der Waals surface area contributed by atoms with Crippen molar-refractivity contribution in [1.82, 2.24) is 10.3 Å². The Kier molecular flexibility index (Phi) is 5.23. The Morgan fingerprint density at radius 3 is 2.63 bits per heavy atom. The van der Waals surface area contributed by atoms with Crippen LogP contribution in [0.25, 0.3) is 0 Å². The number of nitrogens with zero attached hydrogens (tertiary/aromatic N) is 1. The molecule has 4 nitrogen and oxygen atoms in total. The molecule has 19 heavy (non-hydrogen) atoms. The Balaban J connectivity index is 2.89. The summed E-state index contributed by atoms with van der Waals surface area (Å²) < 4.78 is 0. The lowest BCUT2D eigenvalue weighted by molar-refractivity contribution is 0.0954. The summed E-state index contributed by atoms with van der Waals surface area (Å²) in [4.78, 5) is 16.4. The van der Waals surface area contributed by atoms with Crippen molar-refractivity contribution in [3.05, 3.63) is 23.4 Å². The zero-order valence-electron chi connectivity index (χ0n) is 12.3. The third-order valence-corrected chi connectivity index (χ3v) is 3.80. The van der Waals surface area contributed by atoms with Crippen LogP contribution >= 0.6 is 11.8 Å². The molecule has 0 aliphatic carbocycles. The van der Waals surface area contributed by atoms with Crippen LogP contribution in [-0.2, 0) is 5.41 Å². The molecule has 0 fully saturated rings. The van der Waals surface area contributed by atoms with Gasteiger partial charge >= 0.3 is 0 Å². The fraction of sp³-hybridized carbons (Fsp3) is 0.571. The van der Waals surface area contributed by atoms with Crippen LogP contribution in [-0.4, -0.2) is 28.9 Å². The minimum Gasteiger partial charge on any atom is -0.384 e. The minimum absolute atomic E-state index is 0.0968. The standard InChI is InChI=1S/C14H23N3OS/c1-9(19-5)8-16-13(18)10-6-11(14(2,3)4)17-12(15)7-10/h6-7,9H,8H2,1-5H3,(H2,15,17)(H,16,18). The molecule has 3 N–H and O–H groups in total. The highest BCUT2D eigenvalue weighted by molar-refractivity contribution is 7.99. The van der Waals surface area contributed by atoms with Crippen LogP contribution in [0.5, 0.6) is 0 Å². The van der Waals surface area contributed by atoms with E-state index in [2.05, 4.69) is 17.2 Å².